The number of anilines is 2. The Bertz CT molecular complexity index is 1250. The van der Waals surface area contributed by atoms with Crippen molar-refractivity contribution in [2.75, 3.05) is 69.8 Å². The fourth-order valence-corrected chi connectivity index (χ4v) is 4.25. The average molecular weight is 558 g/mol. The van der Waals surface area contributed by atoms with Crippen LogP contribution in [-0.2, 0) is 23.9 Å². The summed E-state index contributed by atoms with van der Waals surface area (Å²) in [6.07, 6.45) is 1.82. The molecule has 0 saturated carbocycles. The molecule has 3 heterocycles. The first-order valence-corrected chi connectivity index (χ1v) is 12.9. The number of hydrogen-bond donors (Lipinski definition) is 1. The molecule has 0 bridgehead atoms. The highest BCUT2D eigenvalue weighted by Crippen LogP contribution is 2.29. The molecule has 1 aromatic carbocycles. The fraction of sp³-hybridized carbons (Fsp3) is 0.462. The SMILES string of the molecule is CCC(=O)NC1CN(c2ccc(-c3cnc(N4CCN(C(=O)COC(=O)CN(C)C)CC4)nc3)c(F)c2)C(=O)O1. The maximum atomic E-state index is 15.0. The van der Waals surface area contributed by atoms with Crippen LogP contribution < -0.4 is 15.1 Å². The third-order valence-corrected chi connectivity index (χ3v) is 6.39. The second kappa shape index (κ2) is 12.7. The van der Waals surface area contributed by atoms with Gasteiger partial charge in [-0.15, -0.1) is 0 Å². The Morgan fingerprint density at radius 2 is 1.85 bits per heavy atom. The normalized spacial score (nSPS) is 17.2. The van der Waals surface area contributed by atoms with Crippen LogP contribution in [0.5, 0.6) is 0 Å². The topological polar surface area (TPSA) is 138 Å². The molecule has 1 N–H and O–H groups in total. The number of carbonyl (C=O) groups is 4. The largest absolute Gasteiger partial charge is 0.455 e. The zero-order valence-electron chi connectivity index (χ0n) is 22.6. The van der Waals surface area contributed by atoms with E-state index >= 15 is 4.39 Å². The van der Waals surface area contributed by atoms with Crippen molar-refractivity contribution in [1.82, 2.24) is 25.1 Å². The summed E-state index contributed by atoms with van der Waals surface area (Å²) >= 11 is 0. The molecule has 14 heteroatoms. The molecular formula is C26H32FN7O6. The molecule has 0 radical (unpaired) electrons. The zero-order chi connectivity index (χ0) is 28.8. The standard InChI is InChI=1S/C26H32FN7O6/c1-4-21(35)30-22-14-34(26(38)40-22)18-5-6-19(20(27)11-18)17-12-28-25(29-13-17)33-9-7-32(8-10-33)23(36)16-39-24(37)15-31(2)3/h5-6,11-13,22H,4,7-10,14-16H2,1-3H3,(H,30,35). The van der Waals surface area contributed by atoms with Gasteiger partial charge in [0, 0.05) is 56.1 Å². The van der Waals surface area contributed by atoms with Crippen LogP contribution >= 0.6 is 0 Å². The summed E-state index contributed by atoms with van der Waals surface area (Å²) in [6.45, 7) is 3.40. The van der Waals surface area contributed by atoms with Gasteiger partial charge in [0.1, 0.15) is 5.82 Å². The predicted molar refractivity (Wildman–Crippen MR) is 142 cm³/mol. The second-order valence-corrected chi connectivity index (χ2v) is 9.61. The monoisotopic (exact) mass is 557 g/mol. The van der Waals surface area contributed by atoms with Crippen LogP contribution in [0.2, 0.25) is 0 Å². The van der Waals surface area contributed by atoms with Crippen LogP contribution in [0.1, 0.15) is 13.3 Å². The van der Waals surface area contributed by atoms with Gasteiger partial charge in [-0.2, -0.15) is 0 Å². The number of nitrogens with one attached hydrogen (secondary N) is 1. The highest BCUT2D eigenvalue weighted by atomic mass is 19.1. The van der Waals surface area contributed by atoms with E-state index in [1.165, 1.54) is 29.4 Å². The minimum Gasteiger partial charge on any atom is -0.455 e. The van der Waals surface area contributed by atoms with E-state index < -0.39 is 24.1 Å². The molecule has 214 valence electrons. The lowest BCUT2D eigenvalue weighted by Crippen LogP contribution is -2.50. The Balaban J connectivity index is 1.32. The van der Waals surface area contributed by atoms with Crippen LogP contribution in [0.3, 0.4) is 0 Å². The number of hydrogen-bond acceptors (Lipinski definition) is 10. The van der Waals surface area contributed by atoms with Gasteiger partial charge in [0.2, 0.25) is 11.9 Å². The Morgan fingerprint density at radius 1 is 1.15 bits per heavy atom. The number of esters is 1. The number of amides is 3. The lowest BCUT2D eigenvalue weighted by Gasteiger charge is -2.34. The molecule has 2 fully saturated rings. The zero-order valence-corrected chi connectivity index (χ0v) is 22.6. The fourth-order valence-electron chi connectivity index (χ4n) is 4.25. The Hall–Kier alpha value is -4.33. The van der Waals surface area contributed by atoms with Crippen LogP contribution in [0, 0.1) is 5.82 Å². The van der Waals surface area contributed by atoms with E-state index in [0.29, 0.717) is 43.4 Å². The Morgan fingerprint density at radius 3 is 2.48 bits per heavy atom. The number of ether oxygens (including phenoxy) is 2. The number of carbonyl (C=O) groups excluding carboxylic acids is 4. The third kappa shape index (κ3) is 7.00. The van der Waals surface area contributed by atoms with Crippen molar-refractivity contribution >= 4 is 35.5 Å². The molecule has 2 aliphatic heterocycles. The summed E-state index contributed by atoms with van der Waals surface area (Å²) in [5.74, 6) is -1.09. The van der Waals surface area contributed by atoms with Crippen LogP contribution in [0.15, 0.2) is 30.6 Å². The average Bonchev–Trinajstić information content (AvgIpc) is 3.31. The molecule has 0 spiro atoms. The Labute approximate surface area is 230 Å². The number of nitrogens with zero attached hydrogens (tertiary/aromatic N) is 6. The van der Waals surface area contributed by atoms with Gasteiger partial charge in [-0.3, -0.25) is 24.2 Å². The van der Waals surface area contributed by atoms with Crippen molar-refractivity contribution in [2.45, 2.75) is 19.6 Å². The first-order valence-electron chi connectivity index (χ1n) is 12.9. The van der Waals surface area contributed by atoms with Crippen molar-refractivity contribution in [3.05, 3.63) is 36.4 Å². The van der Waals surface area contributed by atoms with Gasteiger partial charge in [0.25, 0.3) is 5.91 Å². The molecule has 0 aliphatic carbocycles. The second-order valence-electron chi connectivity index (χ2n) is 9.61. The lowest BCUT2D eigenvalue weighted by atomic mass is 10.1. The van der Waals surface area contributed by atoms with Crippen molar-refractivity contribution in [3.8, 4) is 11.1 Å². The number of aromatic nitrogens is 2. The summed E-state index contributed by atoms with van der Waals surface area (Å²) < 4.78 is 25.2. The van der Waals surface area contributed by atoms with E-state index in [1.54, 1.807) is 36.9 Å². The van der Waals surface area contributed by atoms with E-state index in [4.69, 9.17) is 9.47 Å². The molecule has 3 amide bonds. The number of halogens is 1. The number of rotatable bonds is 9. The van der Waals surface area contributed by atoms with Gasteiger partial charge in [-0.05, 0) is 32.3 Å². The van der Waals surface area contributed by atoms with Crippen LogP contribution in [0.4, 0.5) is 20.8 Å². The maximum Gasteiger partial charge on any atom is 0.416 e. The summed E-state index contributed by atoms with van der Waals surface area (Å²) in [6, 6.07) is 4.35. The third-order valence-electron chi connectivity index (χ3n) is 6.39. The number of piperazine rings is 1. The molecule has 1 unspecified atom stereocenters. The van der Waals surface area contributed by atoms with Gasteiger partial charge in [-0.25, -0.2) is 19.2 Å². The van der Waals surface area contributed by atoms with Gasteiger partial charge < -0.3 is 24.6 Å². The first-order chi connectivity index (χ1) is 19.1. The van der Waals surface area contributed by atoms with Gasteiger partial charge in [0.05, 0.1) is 18.8 Å². The summed E-state index contributed by atoms with van der Waals surface area (Å²) in [4.78, 5) is 63.1. The lowest BCUT2D eigenvalue weighted by molar-refractivity contribution is -0.152. The maximum absolute atomic E-state index is 15.0. The summed E-state index contributed by atoms with van der Waals surface area (Å²) in [5.41, 5.74) is 1.02. The van der Waals surface area contributed by atoms with Crippen molar-refractivity contribution in [2.24, 2.45) is 0 Å². The van der Waals surface area contributed by atoms with Crippen molar-refractivity contribution in [1.29, 1.82) is 0 Å². The summed E-state index contributed by atoms with van der Waals surface area (Å²) in [7, 11) is 3.48. The molecule has 13 nitrogen and oxygen atoms in total. The minimum atomic E-state index is -0.797. The van der Waals surface area contributed by atoms with Crippen molar-refractivity contribution in [3.63, 3.8) is 0 Å². The quantitative estimate of drug-likeness (QED) is 0.442. The van der Waals surface area contributed by atoms with E-state index in [-0.39, 0.29) is 43.5 Å². The smallest absolute Gasteiger partial charge is 0.416 e. The van der Waals surface area contributed by atoms with E-state index in [0.717, 1.165) is 0 Å². The minimum absolute atomic E-state index is 0.0711. The molecule has 4 rings (SSSR count). The van der Waals surface area contributed by atoms with E-state index in [1.807, 2.05) is 4.90 Å². The number of benzene rings is 1. The first kappa shape index (κ1) is 28.7. The molecule has 1 aromatic heterocycles. The van der Waals surface area contributed by atoms with Gasteiger partial charge in [0.15, 0.2) is 12.8 Å². The Kier molecular flexibility index (Phi) is 9.09. The van der Waals surface area contributed by atoms with Gasteiger partial charge in [-0.1, -0.05) is 6.92 Å². The van der Waals surface area contributed by atoms with Crippen LogP contribution in [-0.4, -0.2) is 110 Å². The number of cyclic esters (lactones) is 1. The predicted octanol–water partition coefficient (Wildman–Crippen LogP) is 0.845. The molecule has 2 aromatic rings. The number of likely N-dealkylation sites (N-methyl/N-ethyl adjacent to an activating group) is 1. The molecule has 40 heavy (non-hydrogen) atoms. The summed E-state index contributed by atoms with van der Waals surface area (Å²) in [5, 5.41) is 2.59. The molecule has 2 saturated heterocycles. The van der Waals surface area contributed by atoms with Crippen LogP contribution in [0.25, 0.3) is 11.1 Å². The highest BCUT2D eigenvalue weighted by Gasteiger charge is 2.33. The molecule has 1 atom stereocenters. The van der Waals surface area contributed by atoms with Crippen molar-refractivity contribution < 1.29 is 33.0 Å². The molecular weight excluding hydrogens is 525 g/mol. The van der Waals surface area contributed by atoms with Gasteiger partial charge >= 0.3 is 12.1 Å². The molecule has 2 aliphatic rings. The van der Waals surface area contributed by atoms with E-state index in [9.17, 15) is 19.2 Å². The van der Waals surface area contributed by atoms with E-state index in [2.05, 4.69) is 15.3 Å². The highest BCUT2D eigenvalue weighted by molar-refractivity contribution is 5.90.